The van der Waals surface area contributed by atoms with Crippen molar-refractivity contribution in [3.05, 3.63) is 33.0 Å². The molecule has 0 fully saturated rings. The van der Waals surface area contributed by atoms with Crippen molar-refractivity contribution in [1.82, 2.24) is 0 Å². The number of aliphatic carboxylic acids is 1. The van der Waals surface area contributed by atoms with Gasteiger partial charge in [0.1, 0.15) is 5.82 Å². The van der Waals surface area contributed by atoms with E-state index in [-0.39, 0.29) is 5.02 Å². The second-order valence-electron chi connectivity index (χ2n) is 2.50. The Morgan fingerprint density at radius 2 is 2.14 bits per heavy atom. The van der Waals surface area contributed by atoms with Crippen molar-refractivity contribution in [3.63, 3.8) is 0 Å². The van der Waals surface area contributed by atoms with Crippen molar-refractivity contribution in [2.75, 3.05) is 0 Å². The fourth-order valence-corrected chi connectivity index (χ4v) is 1.52. The van der Waals surface area contributed by atoms with E-state index in [1.807, 2.05) is 0 Å². The molecule has 1 aromatic rings. The number of halogens is 3. The number of carboxylic acid groups (broad SMARTS) is 1. The predicted octanol–water partition coefficient (Wildman–Crippen LogP) is 2.36. The van der Waals surface area contributed by atoms with E-state index in [1.54, 1.807) is 0 Å². The largest absolute Gasteiger partial charge is 0.479 e. The van der Waals surface area contributed by atoms with Gasteiger partial charge in [-0.1, -0.05) is 11.6 Å². The maximum absolute atomic E-state index is 13.1. The van der Waals surface area contributed by atoms with Crippen LogP contribution in [0, 0.1) is 5.82 Å². The van der Waals surface area contributed by atoms with Crippen LogP contribution in [0.2, 0.25) is 5.02 Å². The van der Waals surface area contributed by atoms with Crippen LogP contribution in [-0.2, 0) is 4.79 Å². The number of benzene rings is 1. The van der Waals surface area contributed by atoms with Crippen LogP contribution in [0.15, 0.2) is 16.6 Å². The minimum Gasteiger partial charge on any atom is -0.479 e. The van der Waals surface area contributed by atoms with Crippen molar-refractivity contribution in [1.29, 1.82) is 0 Å². The third-order valence-electron chi connectivity index (χ3n) is 1.59. The van der Waals surface area contributed by atoms with Gasteiger partial charge in [0.2, 0.25) is 0 Å². The standard InChI is InChI=1S/C8H5BrClFO3/c9-3-1-2-4(11)5(6(3)10)7(12)8(13)14/h1-2,7,12H,(H,13,14). The van der Waals surface area contributed by atoms with Gasteiger partial charge in [-0.2, -0.15) is 0 Å². The molecule has 6 heteroatoms. The number of hydrogen-bond donors (Lipinski definition) is 2. The number of carbonyl (C=O) groups is 1. The quantitative estimate of drug-likeness (QED) is 0.819. The summed E-state index contributed by atoms with van der Waals surface area (Å²) in [5.41, 5.74) is -0.437. The predicted molar refractivity (Wildman–Crippen MR) is 51.7 cm³/mol. The number of aliphatic hydroxyl groups is 1. The first-order valence-corrected chi connectivity index (χ1v) is 4.66. The number of aliphatic hydroxyl groups excluding tert-OH is 1. The summed E-state index contributed by atoms with van der Waals surface area (Å²) in [6.07, 6.45) is -1.96. The van der Waals surface area contributed by atoms with Crippen LogP contribution < -0.4 is 0 Å². The zero-order valence-electron chi connectivity index (χ0n) is 6.67. The molecule has 0 bridgehead atoms. The normalized spacial score (nSPS) is 12.6. The Balaban J connectivity index is 3.32. The second kappa shape index (κ2) is 4.25. The number of rotatable bonds is 2. The monoisotopic (exact) mass is 282 g/mol. The molecule has 3 nitrogen and oxygen atoms in total. The SMILES string of the molecule is O=C(O)C(O)c1c(F)ccc(Br)c1Cl. The van der Waals surface area contributed by atoms with Crippen LogP contribution in [-0.4, -0.2) is 16.2 Å². The van der Waals surface area contributed by atoms with Gasteiger partial charge in [0.05, 0.1) is 5.02 Å². The molecular weight excluding hydrogens is 278 g/mol. The summed E-state index contributed by atoms with van der Waals surface area (Å²) < 4.78 is 13.4. The maximum atomic E-state index is 13.1. The van der Waals surface area contributed by atoms with E-state index in [2.05, 4.69) is 15.9 Å². The van der Waals surface area contributed by atoms with Crippen molar-refractivity contribution in [3.8, 4) is 0 Å². The molecular formula is C8H5BrClFO3. The van der Waals surface area contributed by atoms with Crippen molar-refractivity contribution in [2.45, 2.75) is 6.10 Å². The lowest BCUT2D eigenvalue weighted by Crippen LogP contribution is -2.13. The molecule has 1 rings (SSSR count). The molecule has 0 saturated carbocycles. The fraction of sp³-hybridized carbons (Fsp3) is 0.125. The molecule has 0 aliphatic carbocycles. The average Bonchev–Trinajstić information content (AvgIpc) is 2.12. The Morgan fingerprint density at radius 1 is 1.57 bits per heavy atom. The lowest BCUT2D eigenvalue weighted by molar-refractivity contribution is -0.147. The zero-order valence-corrected chi connectivity index (χ0v) is 9.01. The molecule has 2 N–H and O–H groups in total. The molecule has 1 aromatic carbocycles. The lowest BCUT2D eigenvalue weighted by atomic mass is 10.1. The molecule has 1 atom stereocenters. The Bertz CT molecular complexity index is 383. The summed E-state index contributed by atoms with van der Waals surface area (Å²) in [7, 11) is 0. The summed E-state index contributed by atoms with van der Waals surface area (Å²) in [6.45, 7) is 0. The van der Waals surface area contributed by atoms with Gasteiger partial charge in [0.25, 0.3) is 0 Å². The van der Waals surface area contributed by atoms with Crippen LogP contribution in [0.4, 0.5) is 4.39 Å². The fourth-order valence-electron chi connectivity index (χ4n) is 0.917. The van der Waals surface area contributed by atoms with Crippen molar-refractivity contribution < 1.29 is 19.4 Å². The summed E-state index contributed by atoms with van der Waals surface area (Å²) >= 11 is 8.62. The molecule has 0 spiro atoms. The molecule has 0 saturated heterocycles. The van der Waals surface area contributed by atoms with E-state index < -0.39 is 23.5 Å². The Labute approximate surface area is 92.2 Å². The first-order valence-electron chi connectivity index (χ1n) is 3.49. The smallest absolute Gasteiger partial charge is 0.337 e. The number of hydrogen-bond acceptors (Lipinski definition) is 2. The molecule has 0 heterocycles. The molecule has 0 aromatic heterocycles. The zero-order chi connectivity index (χ0) is 10.9. The summed E-state index contributed by atoms with van der Waals surface area (Å²) in [5.74, 6) is -2.41. The highest BCUT2D eigenvalue weighted by Crippen LogP contribution is 2.32. The Kier molecular flexibility index (Phi) is 3.47. The van der Waals surface area contributed by atoms with Gasteiger partial charge in [-0.15, -0.1) is 0 Å². The van der Waals surface area contributed by atoms with Crippen LogP contribution in [0.5, 0.6) is 0 Å². The third-order valence-corrected chi connectivity index (χ3v) is 2.88. The highest BCUT2D eigenvalue weighted by molar-refractivity contribution is 9.10. The topological polar surface area (TPSA) is 57.5 Å². The van der Waals surface area contributed by atoms with Gasteiger partial charge in [-0.25, -0.2) is 9.18 Å². The molecule has 0 radical (unpaired) electrons. The van der Waals surface area contributed by atoms with E-state index in [0.29, 0.717) is 4.47 Å². The third kappa shape index (κ3) is 2.05. The highest BCUT2D eigenvalue weighted by Gasteiger charge is 2.24. The molecule has 76 valence electrons. The summed E-state index contributed by atoms with van der Waals surface area (Å²) in [5, 5.41) is 17.5. The van der Waals surface area contributed by atoms with Crippen LogP contribution >= 0.6 is 27.5 Å². The van der Waals surface area contributed by atoms with Crippen molar-refractivity contribution in [2.24, 2.45) is 0 Å². The van der Waals surface area contributed by atoms with Gasteiger partial charge < -0.3 is 10.2 Å². The minimum atomic E-state index is -1.96. The molecule has 0 aliphatic heterocycles. The van der Waals surface area contributed by atoms with Gasteiger partial charge in [0.15, 0.2) is 6.10 Å². The molecule has 0 amide bonds. The van der Waals surface area contributed by atoms with Crippen molar-refractivity contribution >= 4 is 33.5 Å². The molecule has 14 heavy (non-hydrogen) atoms. The van der Waals surface area contributed by atoms with E-state index >= 15 is 0 Å². The van der Waals surface area contributed by atoms with E-state index in [9.17, 15) is 9.18 Å². The lowest BCUT2D eigenvalue weighted by Gasteiger charge is -2.10. The first kappa shape index (κ1) is 11.4. The van der Waals surface area contributed by atoms with E-state index in [1.165, 1.54) is 6.07 Å². The van der Waals surface area contributed by atoms with Crippen LogP contribution in [0.3, 0.4) is 0 Å². The van der Waals surface area contributed by atoms with Gasteiger partial charge in [0, 0.05) is 10.0 Å². The van der Waals surface area contributed by atoms with Crippen LogP contribution in [0.25, 0.3) is 0 Å². The van der Waals surface area contributed by atoms with Crippen LogP contribution in [0.1, 0.15) is 11.7 Å². The first-order chi connectivity index (χ1) is 6.45. The van der Waals surface area contributed by atoms with Gasteiger partial charge in [-0.05, 0) is 28.1 Å². The highest BCUT2D eigenvalue weighted by atomic mass is 79.9. The number of carboxylic acids is 1. The molecule has 0 aliphatic rings. The maximum Gasteiger partial charge on any atom is 0.337 e. The van der Waals surface area contributed by atoms with Gasteiger partial charge >= 0.3 is 5.97 Å². The van der Waals surface area contributed by atoms with Gasteiger partial charge in [-0.3, -0.25) is 0 Å². The Hall–Kier alpha value is -0.650. The minimum absolute atomic E-state index is 0.139. The Morgan fingerprint density at radius 3 is 2.64 bits per heavy atom. The average molecular weight is 283 g/mol. The second-order valence-corrected chi connectivity index (χ2v) is 3.73. The van der Waals surface area contributed by atoms with E-state index in [4.69, 9.17) is 21.8 Å². The summed E-state index contributed by atoms with van der Waals surface area (Å²) in [4.78, 5) is 10.4. The summed E-state index contributed by atoms with van der Waals surface area (Å²) in [6, 6.07) is 2.35. The van der Waals surface area contributed by atoms with E-state index in [0.717, 1.165) is 6.07 Å². The molecule has 1 unspecified atom stereocenters.